The molecule has 2 heterocycles. The molecule has 0 fully saturated rings. The van der Waals surface area contributed by atoms with Crippen LogP contribution in [0.4, 0.5) is 0 Å². The third-order valence-electron chi connectivity index (χ3n) is 9.26. The number of aliphatic hydroxyl groups excluding tert-OH is 1. The van der Waals surface area contributed by atoms with Crippen LogP contribution in [-0.2, 0) is 27.8 Å². The van der Waals surface area contributed by atoms with Gasteiger partial charge in [0.2, 0.25) is 15.9 Å². The molecular formula is C38H49N7O7S. The van der Waals surface area contributed by atoms with Crippen LogP contribution in [0.3, 0.4) is 0 Å². The highest BCUT2D eigenvalue weighted by Crippen LogP contribution is 2.22. The summed E-state index contributed by atoms with van der Waals surface area (Å²) < 4.78 is 31.9. The summed E-state index contributed by atoms with van der Waals surface area (Å²) in [6.07, 6.45) is 6.68. The third kappa shape index (κ3) is 10.9. The summed E-state index contributed by atoms with van der Waals surface area (Å²) in [6, 6.07) is 18.3. The van der Waals surface area contributed by atoms with Crippen LogP contribution in [0.15, 0.2) is 105 Å². The van der Waals surface area contributed by atoms with E-state index in [4.69, 9.17) is 10.4 Å². The van der Waals surface area contributed by atoms with E-state index in [1.54, 1.807) is 37.6 Å². The highest BCUT2D eigenvalue weighted by atomic mass is 32.2. The van der Waals surface area contributed by atoms with E-state index >= 15 is 0 Å². The number of aromatic nitrogens is 3. The maximum atomic E-state index is 13.9. The van der Waals surface area contributed by atoms with Gasteiger partial charge in [-0.05, 0) is 72.6 Å². The molecule has 0 spiro atoms. The Labute approximate surface area is 310 Å². The summed E-state index contributed by atoms with van der Waals surface area (Å²) in [5.41, 5.74) is 2.78. The molecule has 0 radical (unpaired) electrons. The lowest BCUT2D eigenvalue weighted by molar-refractivity contribution is -0.126. The number of carbonyl (C=O) groups excluding carboxylic acids is 1. The average molecular weight is 748 g/mol. The molecule has 0 aliphatic carbocycles. The Balaban J connectivity index is 1.49. The zero-order chi connectivity index (χ0) is 38.5. The second-order valence-electron chi connectivity index (χ2n) is 13.3. The van der Waals surface area contributed by atoms with Crippen molar-refractivity contribution >= 4 is 27.9 Å². The number of sulfonamides is 1. The maximum Gasteiger partial charge on any atom is 0.329 e. The second-order valence-corrected chi connectivity index (χ2v) is 15.3. The molecule has 4 aromatic rings. The van der Waals surface area contributed by atoms with Gasteiger partial charge in [0.25, 0.3) is 0 Å². The predicted molar refractivity (Wildman–Crippen MR) is 202 cm³/mol. The minimum absolute atomic E-state index is 0.0134. The van der Waals surface area contributed by atoms with Crippen LogP contribution in [0.2, 0.25) is 0 Å². The fourth-order valence-corrected chi connectivity index (χ4v) is 7.59. The summed E-state index contributed by atoms with van der Waals surface area (Å²) >= 11 is 0. The first kappa shape index (κ1) is 40.6. The Morgan fingerprint density at radius 3 is 2.40 bits per heavy atom. The third-order valence-corrected chi connectivity index (χ3v) is 11.1. The molecule has 0 saturated carbocycles. The molecule has 4 atom stereocenters. The lowest BCUT2D eigenvalue weighted by Gasteiger charge is -2.28. The molecular weight excluding hydrogens is 699 g/mol. The van der Waals surface area contributed by atoms with Gasteiger partial charge in [-0.15, -0.1) is 0 Å². The molecule has 53 heavy (non-hydrogen) atoms. The number of rotatable bonds is 19. The Bertz CT molecular complexity index is 2010. The fraction of sp³-hybridized carbons (Fsp3) is 0.395. The molecule has 0 aliphatic rings. The zero-order valence-electron chi connectivity index (χ0n) is 30.5. The average Bonchev–Trinajstić information content (AvgIpc) is 3.51. The van der Waals surface area contributed by atoms with E-state index in [1.165, 1.54) is 43.9 Å². The summed E-state index contributed by atoms with van der Waals surface area (Å²) in [4.78, 5) is 31.5. The van der Waals surface area contributed by atoms with Crippen molar-refractivity contribution in [2.24, 2.45) is 22.1 Å². The lowest BCUT2D eigenvalue weighted by atomic mass is 9.98. The molecule has 0 aliphatic heterocycles. The van der Waals surface area contributed by atoms with E-state index < -0.39 is 33.8 Å². The van der Waals surface area contributed by atoms with Crippen molar-refractivity contribution in [2.45, 2.75) is 70.5 Å². The largest absolute Gasteiger partial charge is 0.411 e. The predicted octanol–water partition coefficient (Wildman–Crippen LogP) is 4.12. The van der Waals surface area contributed by atoms with Gasteiger partial charge < -0.3 is 20.8 Å². The van der Waals surface area contributed by atoms with Gasteiger partial charge in [0.05, 0.1) is 29.5 Å². The van der Waals surface area contributed by atoms with Crippen molar-refractivity contribution in [3.63, 3.8) is 0 Å². The Morgan fingerprint density at radius 1 is 1.02 bits per heavy atom. The van der Waals surface area contributed by atoms with E-state index in [9.17, 15) is 23.1 Å². The Hall–Kier alpha value is -5.12. The molecule has 0 bridgehead atoms. The molecule has 14 nitrogen and oxygen atoms in total. The van der Waals surface area contributed by atoms with Gasteiger partial charge in [0.15, 0.2) is 0 Å². The molecule has 1 amide bonds. The van der Waals surface area contributed by atoms with Crippen LogP contribution in [0.25, 0.3) is 0 Å². The van der Waals surface area contributed by atoms with E-state index in [-0.39, 0.29) is 42.9 Å². The van der Waals surface area contributed by atoms with E-state index in [2.05, 4.69) is 20.6 Å². The van der Waals surface area contributed by atoms with E-state index in [0.717, 1.165) is 17.5 Å². The molecule has 2 aromatic carbocycles. The minimum Gasteiger partial charge on any atom is -0.411 e. The highest BCUT2D eigenvalue weighted by molar-refractivity contribution is 7.89. The van der Waals surface area contributed by atoms with Gasteiger partial charge in [-0.3, -0.25) is 18.9 Å². The van der Waals surface area contributed by atoms with Crippen molar-refractivity contribution in [3.05, 3.63) is 118 Å². The summed E-state index contributed by atoms with van der Waals surface area (Å²) in [5, 5.41) is 38.1. The van der Waals surface area contributed by atoms with Crippen molar-refractivity contribution in [3.8, 4) is 0 Å². The van der Waals surface area contributed by atoms with Gasteiger partial charge >= 0.3 is 5.69 Å². The first-order valence-electron chi connectivity index (χ1n) is 17.6. The van der Waals surface area contributed by atoms with Gasteiger partial charge in [0.1, 0.15) is 11.8 Å². The number of nitrogens with zero attached hydrogens (tertiary/aromatic N) is 6. The lowest BCUT2D eigenvalue weighted by Crippen LogP contribution is -2.46. The highest BCUT2D eigenvalue weighted by Gasteiger charge is 2.31. The number of hydrogen-bond donors (Lipinski definition) is 4. The van der Waals surface area contributed by atoms with Crippen LogP contribution in [0.5, 0.6) is 0 Å². The normalized spacial score (nSPS) is 14.6. The summed E-state index contributed by atoms with van der Waals surface area (Å²) in [7, 11) is -4.08. The van der Waals surface area contributed by atoms with Gasteiger partial charge in [-0.1, -0.05) is 80.0 Å². The number of aliphatic hydroxyl groups is 1. The number of aryl methyl sites for hydroxylation is 1. The van der Waals surface area contributed by atoms with Gasteiger partial charge in [-0.25, -0.2) is 13.2 Å². The van der Waals surface area contributed by atoms with Crippen LogP contribution in [0, 0.1) is 11.8 Å². The number of pyridine rings is 1. The van der Waals surface area contributed by atoms with Crippen LogP contribution in [-0.4, -0.2) is 85.9 Å². The smallest absolute Gasteiger partial charge is 0.329 e. The molecule has 2 aromatic heterocycles. The Kier molecular flexibility index (Phi) is 14.6. The number of hydrogen-bond acceptors (Lipinski definition) is 10. The SMILES string of the molecule is CC[C@H](C)[C@H](C(=O)NCC(O)CN(CC(C)CCc1ccccc1)S(=O)(=O)c1ccc(/C=N/O)cc1)n1ccn(Cc2ccnc(/C(C)=N/O)c2)c1=O. The van der Waals surface area contributed by atoms with Crippen molar-refractivity contribution in [1.82, 2.24) is 23.7 Å². The standard InChI is InChI=1S/C38H49N7O7S/c1-5-28(3)36(45-20-19-43(38(45)48)25-32-17-18-39-35(21-32)29(4)42-50)37(47)40-23-33(46)26-44(24-27(2)11-12-30-9-7-6-8-10-30)53(51,52)34-15-13-31(14-16-34)22-41-49/h6-10,13-22,27-28,33,36,46,49-50H,5,11-12,23-26H2,1-4H3,(H,40,47)/b41-22+,42-29+/t27?,28-,33?,36+/m0/s1. The first-order valence-corrected chi connectivity index (χ1v) is 19.0. The zero-order valence-corrected chi connectivity index (χ0v) is 31.3. The molecule has 0 saturated heterocycles. The quantitative estimate of drug-likeness (QED) is 0.0626. The second kappa shape index (κ2) is 19.1. The monoisotopic (exact) mass is 747 g/mol. The summed E-state index contributed by atoms with van der Waals surface area (Å²) in [5.74, 6) is -0.798. The fourth-order valence-electron chi connectivity index (χ4n) is 5.99. The number of carbonyl (C=O) groups is 1. The number of oxime groups is 2. The number of nitrogens with one attached hydrogen (secondary N) is 1. The molecule has 4 N–H and O–H groups in total. The van der Waals surface area contributed by atoms with E-state index in [0.29, 0.717) is 29.8 Å². The molecule has 2 unspecified atom stereocenters. The van der Waals surface area contributed by atoms with Crippen LogP contribution >= 0.6 is 0 Å². The van der Waals surface area contributed by atoms with Crippen molar-refractivity contribution in [2.75, 3.05) is 19.6 Å². The number of benzene rings is 2. The first-order chi connectivity index (χ1) is 25.4. The topological polar surface area (TPSA) is 192 Å². The van der Waals surface area contributed by atoms with Gasteiger partial charge in [-0.2, -0.15) is 4.31 Å². The van der Waals surface area contributed by atoms with Gasteiger partial charge in [0, 0.05) is 38.2 Å². The van der Waals surface area contributed by atoms with Crippen LogP contribution < -0.4 is 11.0 Å². The molecule has 4 rings (SSSR count). The molecule has 15 heteroatoms. The van der Waals surface area contributed by atoms with Crippen LogP contribution in [0.1, 0.15) is 69.0 Å². The van der Waals surface area contributed by atoms with Crippen molar-refractivity contribution in [1.29, 1.82) is 0 Å². The van der Waals surface area contributed by atoms with E-state index in [1.807, 2.05) is 51.1 Å². The number of imidazole rings is 1. The maximum absolute atomic E-state index is 13.9. The Morgan fingerprint density at radius 2 is 1.74 bits per heavy atom. The minimum atomic E-state index is -4.08. The van der Waals surface area contributed by atoms with Crippen molar-refractivity contribution < 1.29 is 28.7 Å². The molecule has 284 valence electrons. The summed E-state index contributed by atoms with van der Waals surface area (Å²) in [6.45, 7) is 7.14. The number of amides is 1.